The predicted molar refractivity (Wildman–Crippen MR) is 220 cm³/mol. The Balaban J connectivity index is 1.35. The molecule has 1 aliphatic carbocycles. The van der Waals surface area contributed by atoms with Crippen molar-refractivity contribution in [2.24, 2.45) is 11.3 Å². The maximum Gasteiger partial charge on any atom is 0.408 e. The smallest absolute Gasteiger partial charge is 0.408 e. The van der Waals surface area contributed by atoms with Crippen molar-refractivity contribution in [3.63, 3.8) is 0 Å². The number of pyridine rings is 1. The molecular formula is C42H49N5O9S2. The minimum absolute atomic E-state index is 0.00847. The molecule has 1 saturated heterocycles. The predicted octanol–water partition coefficient (Wildman–Crippen LogP) is 5.83. The third kappa shape index (κ3) is 9.12. The Labute approximate surface area is 342 Å². The Hall–Kier alpha value is -5.48. The molecule has 2 fully saturated rings. The van der Waals surface area contributed by atoms with Crippen molar-refractivity contribution < 1.29 is 41.8 Å². The summed E-state index contributed by atoms with van der Waals surface area (Å²) in [7, 11) is -2.67. The van der Waals surface area contributed by atoms with Crippen molar-refractivity contribution in [1.82, 2.24) is 25.2 Å². The van der Waals surface area contributed by atoms with Crippen LogP contribution in [0.5, 0.6) is 11.5 Å². The number of carbonyl (C=O) groups is 4. The van der Waals surface area contributed by atoms with Gasteiger partial charge in [-0.1, -0.05) is 63.2 Å². The number of fused-ring (bicyclic) bond motifs is 1. The van der Waals surface area contributed by atoms with Crippen molar-refractivity contribution in [1.29, 1.82) is 0 Å². The molecule has 5 atom stereocenters. The number of aromatic nitrogens is 1. The summed E-state index contributed by atoms with van der Waals surface area (Å²) in [6, 6.07) is 17.3. The number of amides is 4. The molecule has 0 spiro atoms. The topological polar surface area (TPSA) is 182 Å². The van der Waals surface area contributed by atoms with E-state index in [2.05, 4.69) is 21.9 Å². The lowest BCUT2D eigenvalue weighted by molar-refractivity contribution is -0.143. The van der Waals surface area contributed by atoms with E-state index in [-0.39, 0.29) is 23.6 Å². The van der Waals surface area contributed by atoms with Crippen LogP contribution in [0.1, 0.15) is 54.4 Å². The van der Waals surface area contributed by atoms with Crippen LogP contribution in [0.2, 0.25) is 0 Å². The van der Waals surface area contributed by atoms with Gasteiger partial charge in [0.15, 0.2) is 0 Å². The van der Waals surface area contributed by atoms with E-state index in [0.717, 1.165) is 16.9 Å². The lowest BCUT2D eigenvalue weighted by atomic mass is 9.85. The molecule has 0 unspecified atom stereocenters. The number of rotatable bonds is 12. The minimum atomic E-state index is -4.23. The summed E-state index contributed by atoms with van der Waals surface area (Å²) < 4.78 is 45.9. The highest BCUT2D eigenvalue weighted by molar-refractivity contribution is 7.92. The standard InChI is InChI=1S/C42H49N5O9S2/c1-9-26-23-42(26,38(50)46-58(52,53)34-16-13-19-57-34)45-36(48)32-21-28(24-47(32)37(49)35(40(2,3)4)44-39(51)56-41(5,6)7)55-33-22-30(25-14-11-10-12-15-25)43-31-20-27(54-8)17-18-29(31)33/h9-20,22,26,28,32,35H,1,21,23-24H2,2-8H3,(H,44,51)(H,45,48)(H,46,50)/t26-,28-,32+,35-,42-/m1/s1. The molecular weight excluding hydrogens is 783 g/mol. The molecule has 6 rings (SSSR count). The van der Waals surface area contributed by atoms with E-state index in [1.807, 2.05) is 36.4 Å². The number of nitrogens with zero attached hydrogens (tertiary/aromatic N) is 2. The van der Waals surface area contributed by atoms with Gasteiger partial charge < -0.3 is 29.7 Å². The van der Waals surface area contributed by atoms with E-state index < -0.39 is 74.5 Å². The summed E-state index contributed by atoms with van der Waals surface area (Å²) in [6.07, 6.45) is 0.00136. The number of alkyl carbamates (subject to hydrolysis) is 1. The summed E-state index contributed by atoms with van der Waals surface area (Å²) in [5.41, 5.74) is -1.27. The molecule has 3 N–H and O–H groups in total. The van der Waals surface area contributed by atoms with Gasteiger partial charge in [0.25, 0.3) is 15.9 Å². The monoisotopic (exact) mass is 831 g/mol. The van der Waals surface area contributed by atoms with Gasteiger partial charge in [0.05, 0.1) is 24.9 Å². The maximum atomic E-state index is 14.7. The fourth-order valence-electron chi connectivity index (χ4n) is 6.97. The quantitative estimate of drug-likeness (QED) is 0.147. The molecule has 4 aromatic rings. The number of thiophene rings is 1. The van der Waals surface area contributed by atoms with Gasteiger partial charge in [-0.2, -0.15) is 0 Å². The number of methoxy groups -OCH3 is 1. The normalized spacial score (nSPS) is 21.1. The van der Waals surface area contributed by atoms with Crippen LogP contribution in [0.15, 0.2) is 89.0 Å². The van der Waals surface area contributed by atoms with Gasteiger partial charge in [-0.15, -0.1) is 17.9 Å². The molecule has 3 heterocycles. The molecule has 2 aliphatic rings. The van der Waals surface area contributed by atoms with Gasteiger partial charge in [-0.05, 0) is 56.2 Å². The Kier molecular flexibility index (Phi) is 11.7. The van der Waals surface area contributed by atoms with Crippen molar-refractivity contribution >= 4 is 56.1 Å². The van der Waals surface area contributed by atoms with E-state index in [1.54, 1.807) is 78.3 Å². The summed E-state index contributed by atoms with van der Waals surface area (Å²) in [5, 5.41) is 7.76. The molecule has 14 nitrogen and oxygen atoms in total. The molecule has 4 amide bonds. The average Bonchev–Trinajstić information content (AvgIpc) is 3.44. The van der Waals surface area contributed by atoms with Gasteiger partial charge in [0.2, 0.25) is 11.8 Å². The van der Waals surface area contributed by atoms with Crippen LogP contribution in [-0.2, 0) is 29.1 Å². The molecule has 16 heteroatoms. The summed E-state index contributed by atoms with van der Waals surface area (Å²) >= 11 is 0.944. The number of hydrogen-bond acceptors (Lipinski definition) is 11. The minimum Gasteiger partial charge on any atom is -0.497 e. The number of nitrogens with one attached hydrogen (secondary N) is 3. The first-order valence-electron chi connectivity index (χ1n) is 18.8. The second-order valence-electron chi connectivity index (χ2n) is 16.6. The zero-order chi connectivity index (χ0) is 42.2. The first-order valence-corrected chi connectivity index (χ1v) is 21.2. The second-order valence-corrected chi connectivity index (χ2v) is 19.4. The summed E-state index contributed by atoms with van der Waals surface area (Å²) in [4.78, 5) is 62.3. The van der Waals surface area contributed by atoms with Crippen molar-refractivity contribution in [2.45, 2.75) is 87.9 Å². The first kappa shape index (κ1) is 42.1. The molecule has 0 bridgehead atoms. The Morgan fingerprint density at radius 1 is 1.02 bits per heavy atom. The SMILES string of the molecule is C=C[C@@H]1C[C@]1(NC(=O)[C@@H]1C[C@@H](Oc2cc(-c3ccccc3)nc3cc(OC)ccc23)CN1C(=O)[C@@H](NC(=O)OC(C)(C)C)C(C)(C)C)C(=O)NS(=O)(=O)c1cccs1. The fourth-order valence-corrected chi connectivity index (χ4v) is 9.00. The van der Waals surface area contributed by atoms with Crippen LogP contribution in [-0.4, -0.2) is 85.1 Å². The van der Waals surface area contributed by atoms with Gasteiger partial charge in [-0.3, -0.25) is 14.4 Å². The molecule has 0 radical (unpaired) electrons. The van der Waals surface area contributed by atoms with E-state index in [0.29, 0.717) is 28.1 Å². The van der Waals surface area contributed by atoms with E-state index in [1.165, 1.54) is 17.0 Å². The van der Waals surface area contributed by atoms with E-state index in [4.69, 9.17) is 19.2 Å². The third-order valence-electron chi connectivity index (χ3n) is 10.0. The third-order valence-corrected chi connectivity index (χ3v) is 12.7. The van der Waals surface area contributed by atoms with Crippen LogP contribution in [0.25, 0.3) is 22.2 Å². The molecule has 308 valence electrons. The molecule has 58 heavy (non-hydrogen) atoms. The lowest BCUT2D eigenvalue weighted by Gasteiger charge is -2.36. The highest BCUT2D eigenvalue weighted by Gasteiger charge is 2.61. The highest BCUT2D eigenvalue weighted by Crippen LogP contribution is 2.45. The Morgan fingerprint density at radius 3 is 2.34 bits per heavy atom. The number of sulfonamides is 1. The molecule has 1 saturated carbocycles. The van der Waals surface area contributed by atoms with Crippen LogP contribution < -0.4 is 24.8 Å². The van der Waals surface area contributed by atoms with Crippen LogP contribution in [0, 0.1) is 11.3 Å². The molecule has 2 aromatic heterocycles. The zero-order valence-electron chi connectivity index (χ0n) is 33.5. The Morgan fingerprint density at radius 2 is 1.74 bits per heavy atom. The average molecular weight is 832 g/mol. The van der Waals surface area contributed by atoms with Crippen LogP contribution >= 0.6 is 11.3 Å². The molecule has 2 aromatic carbocycles. The molecule has 1 aliphatic heterocycles. The number of likely N-dealkylation sites (tertiary alicyclic amines) is 1. The zero-order valence-corrected chi connectivity index (χ0v) is 35.2. The summed E-state index contributed by atoms with van der Waals surface area (Å²) in [6.45, 7) is 14.2. The van der Waals surface area contributed by atoms with Gasteiger partial charge in [0.1, 0.15) is 45.0 Å². The maximum absolute atomic E-state index is 14.7. The Bertz CT molecular complexity index is 2320. The fraction of sp³-hybridized carbons (Fsp3) is 0.405. The van der Waals surface area contributed by atoms with E-state index in [9.17, 15) is 27.6 Å². The van der Waals surface area contributed by atoms with E-state index >= 15 is 0 Å². The lowest BCUT2D eigenvalue weighted by Crippen LogP contribution is -2.60. The second kappa shape index (κ2) is 16.0. The summed E-state index contributed by atoms with van der Waals surface area (Å²) in [5.74, 6) is -1.74. The number of carbonyl (C=O) groups excluding carboxylic acids is 4. The van der Waals surface area contributed by atoms with Crippen molar-refractivity contribution in [3.8, 4) is 22.8 Å². The number of benzene rings is 2. The van der Waals surface area contributed by atoms with Gasteiger partial charge in [0, 0.05) is 35.4 Å². The highest BCUT2D eigenvalue weighted by atomic mass is 32.2. The number of hydrogen-bond donors (Lipinski definition) is 3. The van der Waals surface area contributed by atoms with Gasteiger partial charge >= 0.3 is 6.09 Å². The van der Waals surface area contributed by atoms with Crippen molar-refractivity contribution in [2.75, 3.05) is 13.7 Å². The van der Waals surface area contributed by atoms with Crippen LogP contribution in [0.4, 0.5) is 4.79 Å². The largest absolute Gasteiger partial charge is 0.497 e. The van der Waals surface area contributed by atoms with Crippen molar-refractivity contribution in [3.05, 3.63) is 84.8 Å². The van der Waals surface area contributed by atoms with Crippen LogP contribution in [0.3, 0.4) is 0 Å². The van der Waals surface area contributed by atoms with Gasteiger partial charge in [-0.25, -0.2) is 22.9 Å². The first-order chi connectivity index (χ1) is 27.2. The number of ether oxygens (including phenoxy) is 3.